The Labute approximate surface area is 126 Å². The van der Waals surface area contributed by atoms with Gasteiger partial charge in [0.1, 0.15) is 0 Å². The van der Waals surface area contributed by atoms with Crippen LogP contribution in [0.2, 0.25) is 5.02 Å². The fourth-order valence-corrected chi connectivity index (χ4v) is 2.56. The molecular formula is C17H23ClN2. The molecule has 0 radical (unpaired) electrons. The van der Waals surface area contributed by atoms with Gasteiger partial charge in [-0.1, -0.05) is 36.7 Å². The Morgan fingerprint density at radius 3 is 2.80 bits per heavy atom. The summed E-state index contributed by atoms with van der Waals surface area (Å²) in [6.07, 6.45) is 6.50. The lowest BCUT2D eigenvalue weighted by Crippen LogP contribution is -2.27. The third-order valence-electron chi connectivity index (χ3n) is 3.43. The van der Waals surface area contributed by atoms with Crippen molar-refractivity contribution in [1.29, 1.82) is 0 Å². The molecule has 3 heteroatoms. The van der Waals surface area contributed by atoms with Crippen molar-refractivity contribution in [3.8, 4) is 0 Å². The van der Waals surface area contributed by atoms with Gasteiger partial charge in [0, 0.05) is 36.5 Å². The number of benzene rings is 1. The van der Waals surface area contributed by atoms with Crippen molar-refractivity contribution < 1.29 is 0 Å². The second-order valence-electron chi connectivity index (χ2n) is 5.34. The SMILES string of the molecule is CCCn1ccc(CNC(C)Cc2ccccc2Cl)c1. The summed E-state index contributed by atoms with van der Waals surface area (Å²) < 4.78 is 2.25. The van der Waals surface area contributed by atoms with Gasteiger partial charge in [-0.2, -0.15) is 0 Å². The van der Waals surface area contributed by atoms with Crippen molar-refractivity contribution in [2.24, 2.45) is 0 Å². The van der Waals surface area contributed by atoms with Crippen LogP contribution in [0, 0.1) is 0 Å². The van der Waals surface area contributed by atoms with E-state index in [4.69, 9.17) is 11.6 Å². The molecular weight excluding hydrogens is 268 g/mol. The van der Waals surface area contributed by atoms with Crippen molar-refractivity contribution in [1.82, 2.24) is 9.88 Å². The average Bonchev–Trinajstić information content (AvgIpc) is 2.87. The van der Waals surface area contributed by atoms with Crippen molar-refractivity contribution in [2.45, 2.75) is 45.8 Å². The van der Waals surface area contributed by atoms with Gasteiger partial charge in [-0.3, -0.25) is 0 Å². The van der Waals surface area contributed by atoms with Gasteiger partial charge in [-0.15, -0.1) is 0 Å². The second-order valence-corrected chi connectivity index (χ2v) is 5.74. The molecule has 1 N–H and O–H groups in total. The maximum absolute atomic E-state index is 6.19. The van der Waals surface area contributed by atoms with Crippen LogP contribution in [0.15, 0.2) is 42.7 Å². The van der Waals surface area contributed by atoms with E-state index in [1.165, 1.54) is 17.5 Å². The Morgan fingerprint density at radius 1 is 1.25 bits per heavy atom. The molecule has 0 aliphatic heterocycles. The molecule has 0 aliphatic carbocycles. The van der Waals surface area contributed by atoms with Crippen LogP contribution in [-0.2, 0) is 19.5 Å². The quantitative estimate of drug-likeness (QED) is 0.806. The standard InChI is InChI=1S/C17H23ClN2/c1-3-9-20-10-8-15(13-20)12-19-14(2)11-16-6-4-5-7-17(16)18/h4-8,10,13-14,19H,3,9,11-12H2,1-2H3. The zero-order valence-corrected chi connectivity index (χ0v) is 13.0. The van der Waals surface area contributed by atoms with E-state index in [0.29, 0.717) is 6.04 Å². The highest BCUT2D eigenvalue weighted by Crippen LogP contribution is 2.16. The molecule has 108 valence electrons. The van der Waals surface area contributed by atoms with Gasteiger partial charge < -0.3 is 9.88 Å². The van der Waals surface area contributed by atoms with E-state index in [0.717, 1.165) is 24.5 Å². The summed E-state index contributed by atoms with van der Waals surface area (Å²) >= 11 is 6.19. The fraction of sp³-hybridized carbons (Fsp3) is 0.412. The molecule has 1 heterocycles. The molecule has 0 amide bonds. The molecule has 2 aromatic rings. The molecule has 0 saturated carbocycles. The van der Waals surface area contributed by atoms with E-state index < -0.39 is 0 Å². The number of aromatic nitrogens is 1. The van der Waals surface area contributed by atoms with Crippen LogP contribution < -0.4 is 5.32 Å². The minimum absolute atomic E-state index is 0.407. The summed E-state index contributed by atoms with van der Waals surface area (Å²) in [7, 11) is 0. The summed E-state index contributed by atoms with van der Waals surface area (Å²) in [5.74, 6) is 0. The minimum atomic E-state index is 0.407. The number of nitrogens with one attached hydrogen (secondary N) is 1. The van der Waals surface area contributed by atoms with Gasteiger partial charge in [-0.25, -0.2) is 0 Å². The first kappa shape index (κ1) is 15.1. The highest BCUT2D eigenvalue weighted by Gasteiger charge is 2.06. The van der Waals surface area contributed by atoms with Gasteiger partial charge in [0.15, 0.2) is 0 Å². The van der Waals surface area contributed by atoms with Crippen LogP contribution in [0.25, 0.3) is 0 Å². The predicted molar refractivity (Wildman–Crippen MR) is 86.2 cm³/mol. The van der Waals surface area contributed by atoms with Crippen molar-refractivity contribution >= 4 is 11.6 Å². The normalized spacial score (nSPS) is 12.6. The first-order valence-electron chi connectivity index (χ1n) is 7.30. The van der Waals surface area contributed by atoms with Gasteiger partial charge in [0.2, 0.25) is 0 Å². The molecule has 1 aromatic carbocycles. The van der Waals surface area contributed by atoms with Crippen LogP contribution in [0.5, 0.6) is 0 Å². The molecule has 1 atom stereocenters. The van der Waals surface area contributed by atoms with E-state index in [1.807, 2.05) is 18.2 Å². The summed E-state index contributed by atoms with van der Waals surface area (Å²) in [6, 6.07) is 10.7. The van der Waals surface area contributed by atoms with Gasteiger partial charge in [-0.05, 0) is 43.0 Å². The molecule has 20 heavy (non-hydrogen) atoms. The largest absolute Gasteiger partial charge is 0.354 e. The highest BCUT2D eigenvalue weighted by atomic mass is 35.5. The van der Waals surface area contributed by atoms with E-state index in [9.17, 15) is 0 Å². The van der Waals surface area contributed by atoms with Crippen LogP contribution in [0.4, 0.5) is 0 Å². The third-order valence-corrected chi connectivity index (χ3v) is 3.80. The lowest BCUT2D eigenvalue weighted by molar-refractivity contribution is 0.544. The molecule has 1 aromatic heterocycles. The van der Waals surface area contributed by atoms with E-state index in [1.54, 1.807) is 0 Å². The third kappa shape index (κ3) is 4.39. The monoisotopic (exact) mass is 290 g/mol. The van der Waals surface area contributed by atoms with Gasteiger partial charge >= 0.3 is 0 Å². The molecule has 0 bridgehead atoms. The van der Waals surface area contributed by atoms with Crippen LogP contribution in [0.1, 0.15) is 31.4 Å². The summed E-state index contributed by atoms with van der Waals surface area (Å²) in [4.78, 5) is 0. The highest BCUT2D eigenvalue weighted by molar-refractivity contribution is 6.31. The van der Waals surface area contributed by atoms with E-state index in [2.05, 4.69) is 48.3 Å². The van der Waals surface area contributed by atoms with Crippen molar-refractivity contribution in [3.05, 3.63) is 58.9 Å². The Kier molecular flexibility index (Phi) is 5.69. The summed E-state index contributed by atoms with van der Waals surface area (Å²) in [6.45, 7) is 6.40. The van der Waals surface area contributed by atoms with Crippen LogP contribution in [-0.4, -0.2) is 10.6 Å². The smallest absolute Gasteiger partial charge is 0.0438 e. The number of halogens is 1. The summed E-state index contributed by atoms with van der Waals surface area (Å²) in [5, 5.41) is 4.41. The molecule has 0 saturated heterocycles. The molecule has 0 spiro atoms. The van der Waals surface area contributed by atoms with Gasteiger partial charge in [0.25, 0.3) is 0 Å². The minimum Gasteiger partial charge on any atom is -0.354 e. The Hall–Kier alpha value is -1.25. The number of aryl methyl sites for hydroxylation is 1. The van der Waals surface area contributed by atoms with Crippen LogP contribution >= 0.6 is 11.6 Å². The first-order valence-corrected chi connectivity index (χ1v) is 7.68. The fourth-order valence-electron chi connectivity index (χ4n) is 2.35. The topological polar surface area (TPSA) is 17.0 Å². The predicted octanol–water partition coefficient (Wildman–Crippen LogP) is 4.27. The maximum atomic E-state index is 6.19. The van der Waals surface area contributed by atoms with Crippen LogP contribution in [0.3, 0.4) is 0 Å². The Morgan fingerprint density at radius 2 is 2.05 bits per heavy atom. The Bertz CT molecular complexity index is 533. The summed E-state index contributed by atoms with van der Waals surface area (Å²) in [5.41, 5.74) is 2.54. The lowest BCUT2D eigenvalue weighted by Gasteiger charge is -2.14. The van der Waals surface area contributed by atoms with Crippen molar-refractivity contribution in [3.63, 3.8) is 0 Å². The average molecular weight is 291 g/mol. The molecule has 1 unspecified atom stereocenters. The van der Waals surface area contributed by atoms with E-state index >= 15 is 0 Å². The first-order chi connectivity index (χ1) is 9.69. The molecule has 0 aliphatic rings. The second kappa shape index (κ2) is 7.51. The van der Waals surface area contributed by atoms with E-state index in [-0.39, 0.29) is 0 Å². The lowest BCUT2D eigenvalue weighted by atomic mass is 10.1. The van der Waals surface area contributed by atoms with Crippen molar-refractivity contribution in [2.75, 3.05) is 0 Å². The number of hydrogen-bond acceptors (Lipinski definition) is 1. The molecule has 2 nitrogen and oxygen atoms in total. The number of nitrogens with zero attached hydrogens (tertiary/aromatic N) is 1. The maximum Gasteiger partial charge on any atom is 0.0438 e. The molecule has 0 fully saturated rings. The number of hydrogen-bond donors (Lipinski definition) is 1. The Balaban J connectivity index is 1.82. The number of rotatable bonds is 7. The van der Waals surface area contributed by atoms with Gasteiger partial charge in [0.05, 0.1) is 0 Å². The zero-order chi connectivity index (χ0) is 14.4. The zero-order valence-electron chi connectivity index (χ0n) is 12.3. The molecule has 2 rings (SSSR count).